The third-order valence-electron chi connectivity index (χ3n) is 6.86. The van der Waals surface area contributed by atoms with Crippen molar-refractivity contribution >= 4 is 28.9 Å². The summed E-state index contributed by atoms with van der Waals surface area (Å²) in [4.78, 5) is 22.4. The number of rotatable bonds is 3. The summed E-state index contributed by atoms with van der Waals surface area (Å²) in [6, 6.07) is 9.72. The molecular weight excluding hydrogens is 380 g/mol. The van der Waals surface area contributed by atoms with Crippen LogP contribution in [0.25, 0.3) is 0 Å². The fourth-order valence-corrected chi connectivity index (χ4v) is 6.05. The van der Waals surface area contributed by atoms with Crippen LogP contribution >= 0.6 is 11.6 Å². The summed E-state index contributed by atoms with van der Waals surface area (Å²) in [6.07, 6.45) is 3.42. The molecule has 144 valence electrons. The zero-order chi connectivity index (χ0) is 19.6. The van der Waals surface area contributed by atoms with Crippen molar-refractivity contribution < 1.29 is 14.8 Å². The number of aromatic carboxylic acids is 1. The van der Waals surface area contributed by atoms with Gasteiger partial charge in [-0.05, 0) is 72.8 Å². The van der Waals surface area contributed by atoms with Gasteiger partial charge >= 0.3 is 5.97 Å². The number of nitrogens with one attached hydrogen (secondary N) is 1. The average Bonchev–Trinajstić information content (AvgIpc) is 3.29. The minimum absolute atomic E-state index is 0.0351. The van der Waals surface area contributed by atoms with E-state index in [4.69, 9.17) is 11.6 Å². The van der Waals surface area contributed by atoms with Gasteiger partial charge in [0.05, 0.1) is 16.5 Å². The Morgan fingerprint density at radius 1 is 1.14 bits per heavy atom. The predicted molar refractivity (Wildman–Crippen MR) is 105 cm³/mol. The molecular formula is C21H19ClN2O4. The molecule has 2 aromatic carbocycles. The average molecular weight is 399 g/mol. The number of fused-ring (bicyclic) bond motifs is 7. The van der Waals surface area contributed by atoms with Crippen LogP contribution in [0.5, 0.6) is 0 Å². The molecule has 2 N–H and O–H groups in total. The minimum atomic E-state index is -0.925. The van der Waals surface area contributed by atoms with E-state index in [0.29, 0.717) is 22.4 Å². The lowest BCUT2D eigenvalue weighted by molar-refractivity contribution is -0.384. The van der Waals surface area contributed by atoms with Gasteiger partial charge < -0.3 is 10.4 Å². The predicted octanol–water partition coefficient (Wildman–Crippen LogP) is 5.24. The van der Waals surface area contributed by atoms with Gasteiger partial charge in [0.2, 0.25) is 0 Å². The third-order valence-corrected chi connectivity index (χ3v) is 7.20. The molecule has 0 saturated heterocycles. The SMILES string of the molecule is O=C(O)c1ccc2c(c1)[C@@H]1[C@H]3CC[C@@H](C3)[C@H]1[C@@H](c1cc([N+](=O)[O-])ccc1Cl)N2. The highest BCUT2D eigenvalue weighted by molar-refractivity contribution is 6.31. The maximum atomic E-state index is 11.5. The summed E-state index contributed by atoms with van der Waals surface area (Å²) < 4.78 is 0. The molecule has 2 aliphatic carbocycles. The van der Waals surface area contributed by atoms with Crippen LogP contribution in [0.2, 0.25) is 5.02 Å². The first-order valence-corrected chi connectivity index (χ1v) is 9.89. The number of anilines is 1. The summed E-state index contributed by atoms with van der Waals surface area (Å²) in [6.45, 7) is 0. The molecule has 6 nitrogen and oxygen atoms in total. The van der Waals surface area contributed by atoms with Crippen LogP contribution in [0.1, 0.15) is 52.7 Å². The van der Waals surface area contributed by atoms with Gasteiger partial charge in [-0.2, -0.15) is 0 Å². The molecule has 5 rings (SSSR count). The molecule has 7 heteroatoms. The maximum Gasteiger partial charge on any atom is 0.335 e. The number of carboxylic acid groups (broad SMARTS) is 1. The van der Waals surface area contributed by atoms with E-state index in [9.17, 15) is 20.0 Å². The molecule has 0 spiro atoms. The molecule has 28 heavy (non-hydrogen) atoms. The van der Waals surface area contributed by atoms with Crippen molar-refractivity contribution in [3.05, 3.63) is 68.2 Å². The highest BCUT2D eigenvalue weighted by Gasteiger charge is 2.54. The standard InChI is InChI=1S/C21H19ClN2O4/c22-16-5-4-13(24(27)28)9-14(16)20-19-11-2-1-10(7-11)18(19)15-8-12(21(25)26)3-6-17(15)23-20/h3-6,8-11,18-20,23H,1-2,7H2,(H,25,26)/t10-,11-,18-,19+,20+/m0/s1. The fraction of sp³-hybridized carbons (Fsp3) is 0.381. The number of benzene rings is 2. The van der Waals surface area contributed by atoms with Gasteiger partial charge in [0, 0.05) is 28.4 Å². The number of nitro groups is 1. The molecule has 2 saturated carbocycles. The Kier molecular flexibility index (Phi) is 3.88. The molecule has 3 aliphatic rings. The Balaban J connectivity index is 1.65. The Morgan fingerprint density at radius 2 is 1.93 bits per heavy atom. The Labute approximate surface area is 166 Å². The van der Waals surface area contributed by atoms with E-state index < -0.39 is 10.9 Å². The molecule has 0 amide bonds. The normalized spacial score (nSPS) is 29.7. The van der Waals surface area contributed by atoms with Crippen LogP contribution < -0.4 is 5.32 Å². The van der Waals surface area contributed by atoms with Gasteiger partial charge in [-0.15, -0.1) is 0 Å². The molecule has 0 aromatic heterocycles. The number of carbonyl (C=O) groups is 1. The Morgan fingerprint density at radius 3 is 2.68 bits per heavy atom. The van der Waals surface area contributed by atoms with Gasteiger partial charge in [0.15, 0.2) is 0 Å². The molecule has 0 radical (unpaired) electrons. The topological polar surface area (TPSA) is 92.5 Å². The van der Waals surface area contributed by atoms with Gasteiger partial charge in [0.25, 0.3) is 5.69 Å². The zero-order valence-electron chi connectivity index (χ0n) is 15.0. The van der Waals surface area contributed by atoms with E-state index in [0.717, 1.165) is 36.1 Å². The molecule has 2 aromatic rings. The maximum absolute atomic E-state index is 11.5. The first kappa shape index (κ1) is 17.5. The van der Waals surface area contributed by atoms with E-state index in [1.807, 2.05) is 6.07 Å². The number of hydrogen-bond acceptors (Lipinski definition) is 4. The summed E-state index contributed by atoms with van der Waals surface area (Å²) in [5.41, 5.74) is 3.06. The van der Waals surface area contributed by atoms with Crippen LogP contribution in [0.3, 0.4) is 0 Å². The molecule has 0 unspecified atom stereocenters. The van der Waals surface area contributed by atoms with Gasteiger partial charge in [-0.1, -0.05) is 11.6 Å². The molecule has 1 heterocycles. The monoisotopic (exact) mass is 398 g/mol. The fourth-order valence-electron chi connectivity index (χ4n) is 5.81. The lowest BCUT2D eigenvalue weighted by atomic mass is 9.68. The van der Waals surface area contributed by atoms with E-state index in [-0.39, 0.29) is 23.6 Å². The van der Waals surface area contributed by atoms with Crippen LogP contribution in [-0.4, -0.2) is 16.0 Å². The highest BCUT2D eigenvalue weighted by Crippen LogP contribution is 2.64. The second-order valence-corrected chi connectivity index (χ2v) is 8.54. The van der Waals surface area contributed by atoms with Crippen molar-refractivity contribution in [3.8, 4) is 0 Å². The lowest BCUT2D eigenvalue weighted by Crippen LogP contribution is -2.35. The quantitative estimate of drug-likeness (QED) is 0.544. The van der Waals surface area contributed by atoms with Crippen LogP contribution in [0.15, 0.2) is 36.4 Å². The summed E-state index contributed by atoms with van der Waals surface area (Å²) in [5, 5.41) is 24.8. The number of nitrogens with zero attached hydrogens (tertiary/aromatic N) is 1. The number of carboxylic acids is 1. The smallest absolute Gasteiger partial charge is 0.335 e. The van der Waals surface area contributed by atoms with Crippen molar-refractivity contribution in [1.29, 1.82) is 0 Å². The van der Waals surface area contributed by atoms with E-state index in [1.54, 1.807) is 24.3 Å². The summed E-state index contributed by atoms with van der Waals surface area (Å²) in [7, 11) is 0. The second kappa shape index (κ2) is 6.21. The van der Waals surface area contributed by atoms with Crippen molar-refractivity contribution in [2.24, 2.45) is 17.8 Å². The van der Waals surface area contributed by atoms with Crippen LogP contribution in [-0.2, 0) is 0 Å². The molecule has 2 bridgehead atoms. The first-order valence-electron chi connectivity index (χ1n) is 9.51. The van der Waals surface area contributed by atoms with Crippen molar-refractivity contribution in [3.63, 3.8) is 0 Å². The van der Waals surface area contributed by atoms with Crippen LogP contribution in [0.4, 0.5) is 11.4 Å². The minimum Gasteiger partial charge on any atom is -0.478 e. The third kappa shape index (κ3) is 2.51. The molecule has 5 atom stereocenters. The van der Waals surface area contributed by atoms with E-state index in [2.05, 4.69) is 5.32 Å². The number of nitro benzene ring substituents is 1. The van der Waals surface area contributed by atoms with Gasteiger partial charge in [-0.25, -0.2) is 4.79 Å². The largest absolute Gasteiger partial charge is 0.478 e. The van der Waals surface area contributed by atoms with E-state index in [1.165, 1.54) is 6.07 Å². The molecule has 2 fully saturated rings. The van der Waals surface area contributed by atoms with Crippen molar-refractivity contribution in [2.75, 3.05) is 5.32 Å². The Hall–Kier alpha value is -2.60. The van der Waals surface area contributed by atoms with Crippen molar-refractivity contribution in [2.45, 2.75) is 31.2 Å². The van der Waals surface area contributed by atoms with Gasteiger partial charge in [-0.3, -0.25) is 10.1 Å². The number of halogens is 1. The van der Waals surface area contributed by atoms with E-state index >= 15 is 0 Å². The second-order valence-electron chi connectivity index (χ2n) is 8.13. The summed E-state index contributed by atoms with van der Waals surface area (Å²) >= 11 is 6.48. The highest BCUT2D eigenvalue weighted by atomic mass is 35.5. The van der Waals surface area contributed by atoms with Crippen LogP contribution in [0, 0.1) is 27.9 Å². The lowest BCUT2D eigenvalue weighted by Gasteiger charge is -2.43. The number of non-ortho nitro benzene ring substituents is 1. The van der Waals surface area contributed by atoms with Gasteiger partial charge in [0.1, 0.15) is 0 Å². The number of hydrogen-bond donors (Lipinski definition) is 2. The zero-order valence-corrected chi connectivity index (χ0v) is 15.7. The Bertz CT molecular complexity index is 1010. The van der Waals surface area contributed by atoms with Crippen molar-refractivity contribution in [1.82, 2.24) is 0 Å². The summed E-state index contributed by atoms with van der Waals surface area (Å²) in [5.74, 6) is 0.639. The first-order chi connectivity index (χ1) is 13.4. The molecule has 1 aliphatic heterocycles.